The third-order valence-corrected chi connectivity index (χ3v) is 6.20. The van der Waals surface area contributed by atoms with Gasteiger partial charge in [0.1, 0.15) is 5.82 Å². The molecule has 146 valence electrons. The molecule has 0 unspecified atom stereocenters. The van der Waals surface area contributed by atoms with Gasteiger partial charge in [0.15, 0.2) is 4.77 Å². The molecule has 1 aromatic heterocycles. The molecule has 5 nitrogen and oxygen atoms in total. The molecule has 0 spiro atoms. The highest BCUT2D eigenvalue weighted by Gasteiger charge is 2.15. The Kier molecular flexibility index (Phi) is 5.93. The lowest BCUT2D eigenvalue weighted by Crippen LogP contribution is -2.29. The summed E-state index contributed by atoms with van der Waals surface area (Å²) in [6.07, 6.45) is 8.79. The van der Waals surface area contributed by atoms with Crippen LogP contribution in [0.1, 0.15) is 49.9 Å². The summed E-state index contributed by atoms with van der Waals surface area (Å²) in [6, 6.07) is 9.09. The van der Waals surface area contributed by atoms with E-state index < -0.39 is 0 Å². The van der Waals surface area contributed by atoms with E-state index >= 15 is 0 Å². The Morgan fingerprint density at radius 3 is 2.44 bits per heavy atom. The van der Waals surface area contributed by atoms with Gasteiger partial charge in [-0.3, -0.25) is 4.90 Å². The van der Waals surface area contributed by atoms with Gasteiger partial charge in [-0.25, -0.2) is 4.68 Å². The van der Waals surface area contributed by atoms with Crippen LogP contribution in [0, 0.1) is 4.77 Å². The Morgan fingerprint density at radius 2 is 1.67 bits per heavy atom. The minimum absolute atomic E-state index is 0.743. The Morgan fingerprint density at radius 1 is 0.963 bits per heavy atom. The second kappa shape index (κ2) is 8.57. The third kappa shape index (κ3) is 4.43. The second-order valence-corrected chi connectivity index (χ2v) is 8.40. The van der Waals surface area contributed by atoms with Crippen LogP contribution in [-0.2, 0) is 26.2 Å². The van der Waals surface area contributed by atoms with Crippen molar-refractivity contribution in [1.29, 1.82) is 0 Å². The molecule has 0 amide bonds. The molecule has 2 aliphatic heterocycles. The van der Waals surface area contributed by atoms with E-state index in [0.717, 1.165) is 36.8 Å². The molecule has 0 N–H and O–H groups in total. The van der Waals surface area contributed by atoms with Gasteiger partial charge in [0.2, 0.25) is 0 Å². The summed E-state index contributed by atoms with van der Waals surface area (Å²) < 4.78 is 5.11. The molecular weight excluding hydrogens is 354 g/mol. The molecular formula is C21H31N5S. The average Bonchev–Trinajstić information content (AvgIpc) is 2.86. The number of aromatic nitrogens is 3. The maximum atomic E-state index is 5.68. The fraction of sp³-hybridized carbons (Fsp3) is 0.619. The number of anilines is 1. The lowest BCUT2D eigenvalue weighted by Gasteiger charge is -2.29. The summed E-state index contributed by atoms with van der Waals surface area (Å²) in [5.74, 6) is 1.16. The maximum absolute atomic E-state index is 5.68. The van der Waals surface area contributed by atoms with Crippen LogP contribution < -0.4 is 4.90 Å². The van der Waals surface area contributed by atoms with Crippen LogP contribution in [0.15, 0.2) is 24.3 Å². The number of fused-ring (bicyclic) bond motifs is 1. The molecule has 27 heavy (non-hydrogen) atoms. The van der Waals surface area contributed by atoms with Gasteiger partial charge in [-0.2, -0.15) is 5.10 Å². The van der Waals surface area contributed by atoms with E-state index in [2.05, 4.69) is 45.7 Å². The molecule has 1 saturated heterocycles. The topological polar surface area (TPSA) is 29.2 Å². The first-order chi connectivity index (χ1) is 13.2. The third-order valence-electron chi connectivity index (χ3n) is 5.77. The standard InChI is InChI=1S/C21H31N5S/c1-23(17-26-21(27)25-15-7-2-4-8-20(25)22-26)16-18-9-11-19(12-10-18)24-13-5-3-6-14-24/h9-12H,2-8,13-17H2,1H3. The Balaban J connectivity index is 1.38. The minimum atomic E-state index is 0.743. The Labute approximate surface area is 167 Å². The molecule has 0 radical (unpaired) electrons. The molecule has 1 aromatic carbocycles. The van der Waals surface area contributed by atoms with Crippen molar-refractivity contribution in [3.8, 4) is 0 Å². The zero-order valence-electron chi connectivity index (χ0n) is 16.4. The second-order valence-electron chi connectivity index (χ2n) is 8.03. The van der Waals surface area contributed by atoms with Crippen molar-refractivity contribution in [2.24, 2.45) is 0 Å². The van der Waals surface area contributed by atoms with E-state index in [1.54, 1.807) is 0 Å². The maximum Gasteiger partial charge on any atom is 0.199 e. The average molecular weight is 386 g/mol. The summed E-state index contributed by atoms with van der Waals surface area (Å²) in [5, 5.41) is 4.79. The van der Waals surface area contributed by atoms with Crippen LogP contribution >= 0.6 is 12.2 Å². The molecule has 0 saturated carbocycles. The summed E-state index contributed by atoms with van der Waals surface area (Å²) in [4.78, 5) is 4.80. The molecule has 1 fully saturated rings. The van der Waals surface area contributed by atoms with E-state index in [1.165, 1.54) is 62.9 Å². The van der Waals surface area contributed by atoms with Crippen molar-refractivity contribution in [2.45, 2.75) is 64.7 Å². The molecule has 2 aliphatic rings. The van der Waals surface area contributed by atoms with E-state index in [1.807, 2.05) is 4.68 Å². The predicted molar refractivity (Wildman–Crippen MR) is 113 cm³/mol. The zero-order valence-corrected chi connectivity index (χ0v) is 17.3. The van der Waals surface area contributed by atoms with Gasteiger partial charge >= 0.3 is 0 Å². The zero-order chi connectivity index (χ0) is 18.6. The molecule has 0 bridgehead atoms. The highest BCUT2D eigenvalue weighted by Crippen LogP contribution is 2.21. The fourth-order valence-electron chi connectivity index (χ4n) is 4.27. The van der Waals surface area contributed by atoms with Crippen LogP contribution in [-0.4, -0.2) is 39.4 Å². The van der Waals surface area contributed by atoms with Crippen molar-refractivity contribution in [3.05, 3.63) is 40.4 Å². The predicted octanol–water partition coefficient (Wildman–Crippen LogP) is 4.22. The number of rotatable bonds is 5. The van der Waals surface area contributed by atoms with Crippen LogP contribution in [0.4, 0.5) is 5.69 Å². The lowest BCUT2D eigenvalue weighted by molar-refractivity contribution is 0.243. The van der Waals surface area contributed by atoms with Crippen molar-refractivity contribution in [2.75, 3.05) is 25.0 Å². The molecule has 4 rings (SSSR count). The van der Waals surface area contributed by atoms with Crippen LogP contribution in [0.25, 0.3) is 0 Å². The van der Waals surface area contributed by atoms with E-state index in [-0.39, 0.29) is 0 Å². The number of hydrogen-bond acceptors (Lipinski definition) is 4. The fourth-order valence-corrected chi connectivity index (χ4v) is 4.57. The van der Waals surface area contributed by atoms with Gasteiger partial charge in [-0.1, -0.05) is 18.6 Å². The molecule has 3 heterocycles. The normalized spacial score (nSPS) is 17.8. The van der Waals surface area contributed by atoms with Gasteiger partial charge in [0.25, 0.3) is 0 Å². The van der Waals surface area contributed by atoms with E-state index in [0.29, 0.717) is 0 Å². The first-order valence-corrected chi connectivity index (χ1v) is 10.8. The van der Waals surface area contributed by atoms with E-state index in [4.69, 9.17) is 17.3 Å². The van der Waals surface area contributed by atoms with E-state index in [9.17, 15) is 0 Å². The minimum Gasteiger partial charge on any atom is -0.372 e. The van der Waals surface area contributed by atoms with Gasteiger partial charge in [0.05, 0.1) is 6.67 Å². The summed E-state index contributed by atoms with van der Waals surface area (Å²) >= 11 is 5.68. The largest absolute Gasteiger partial charge is 0.372 e. The molecule has 6 heteroatoms. The van der Waals surface area contributed by atoms with Gasteiger partial charge < -0.3 is 9.47 Å². The number of benzene rings is 1. The SMILES string of the molecule is CN(Cc1ccc(N2CCCCC2)cc1)Cn1nc2n(c1=S)CCCCC2. The number of aryl methyl sites for hydroxylation is 1. The lowest BCUT2D eigenvalue weighted by atomic mass is 10.1. The highest BCUT2D eigenvalue weighted by atomic mass is 32.1. The number of nitrogens with zero attached hydrogens (tertiary/aromatic N) is 5. The smallest absolute Gasteiger partial charge is 0.199 e. The first kappa shape index (κ1) is 18.7. The van der Waals surface area contributed by atoms with Gasteiger partial charge in [0, 0.05) is 38.3 Å². The molecule has 2 aromatic rings. The summed E-state index contributed by atoms with van der Waals surface area (Å²) in [7, 11) is 2.14. The van der Waals surface area contributed by atoms with Crippen molar-refractivity contribution in [1.82, 2.24) is 19.2 Å². The first-order valence-electron chi connectivity index (χ1n) is 10.4. The highest BCUT2D eigenvalue weighted by molar-refractivity contribution is 7.71. The van der Waals surface area contributed by atoms with Crippen molar-refractivity contribution >= 4 is 17.9 Å². The van der Waals surface area contributed by atoms with Crippen LogP contribution in [0.3, 0.4) is 0 Å². The Bertz CT molecular complexity index is 801. The van der Waals surface area contributed by atoms with Crippen LogP contribution in [0.5, 0.6) is 0 Å². The van der Waals surface area contributed by atoms with Crippen molar-refractivity contribution < 1.29 is 0 Å². The van der Waals surface area contributed by atoms with Crippen LogP contribution in [0.2, 0.25) is 0 Å². The number of hydrogen-bond donors (Lipinski definition) is 0. The van der Waals surface area contributed by atoms with Crippen molar-refractivity contribution in [3.63, 3.8) is 0 Å². The summed E-state index contributed by atoms with van der Waals surface area (Å²) in [6.45, 7) is 5.07. The summed E-state index contributed by atoms with van der Waals surface area (Å²) in [5.41, 5.74) is 2.70. The van der Waals surface area contributed by atoms with Gasteiger partial charge in [-0.15, -0.1) is 0 Å². The molecule has 0 atom stereocenters. The monoisotopic (exact) mass is 385 g/mol. The Hall–Kier alpha value is -1.66. The number of piperidine rings is 1. The van der Waals surface area contributed by atoms with Gasteiger partial charge in [-0.05, 0) is 69.1 Å². The molecule has 0 aliphatic carbocycles. The quantitative estimate of drug-likeness (QED) is 0.721.